The molecule has 133 heavy (non-hydrogen) atoms. The maximum atomic E-state index is 15.0. The third-order valence-electron chi connectivity index (χ3n) is 25.2. The van der Waals surface area contributed by atoms with Crippen molar-refractivity contribution in [3.8, 4) is 6.07 Å². The molecule has 3 aliphatic carbocycles. The number of nitrogens with zero attached hydrogens (tertiary/aromatic N) is 12. The van der Waals surface area contributed by atoms with Crippen molar-refractivity contribution in [1.29, 1.82) is 5.26 Å². The Morgan fingerprint density at radius 1 is 0.526 bits per heavy atom. The first-order valence-electron chi connectivity index (χ1n) is 43.6. The summed E-state index contributed by atoms with van der Waals surface area (Å²) in [6, 6.07) is 30.2. The molecule has 3 amide bonds. The molecule has 3 saturated carbocycles. The lowest BCUT2D eigenvalue weighted by Gasteiger charge is -2.41. The van der Waals surface area contributed by atoms with Crippen LogP contribution >= 0.6 is 0 Å². The number of hydrogen-bond donors (Lipinski definition) is 3. The second-order valence-corrected chi connectivity index (χ2v) is 39.9. The van der Waals surface area contributed by atoms with Gasteiger partial charge < -0.3 is 24.6 Å². The van der Waals surface area contributed by atoms with Crippen molar-refractivity contribution in [3.63, 3.8) is 0 Å². The minimum atomic E-state index is -5.18. The van der Waals surface area contributed by atoms with Crippen LogP contribution in [-0.2, 0) is 71.1 Å². The summed E-state index contributed by atoms with van der Waals surface area (Å²) < 4.78 is 215. The first kappa shape index (κ1) is 96.7. The normalized spacial score (nSPS) is 16.6. The van der Waals surface area contributed by atoms with E-state index in [4.69, 9.17) is 4.98 Å². The van der Waals surface area contributed by atoms with Crippen LogP contribution in [0.25, 0.3) is 21.5 Å². The number of amides is 3. The standard InChI is InChI=1S/C34H37FN6O4S.C31H29F4N5O4S.C29H30F4N4O4S/c1-22(2)38-33-26(18-36)16-29(17-31(33)35)46(44,45)40(3)21-32(42)41(28-13-14-30-27(15-28)19-37-39-34(30)43)20-23-9-11-25(12-10-23)24-7-5-4-6-8-24;1-17-25(32)27(34)29(28(35)26(17)33)45(43,44)40-13-12-24(40)31(42)39(21-10-11-22-19(14-21)15-36-38-30(22)41)16-20-8-5-9-23(37-20)18-6-3-2-4-7-18;1-17-24(30)26(32)28(27(33)25(17)31)42(40,41)37-13-11-22(37)29(39)36(21-10-12-35(2)23(38)14-21)16-20-9-8-19(15-34-20)18-6-4-3-5-7-18/h9-17,19,22,24,38H,4-8,20-21H2,1-3H3,(H,39,43);5,8-11,14-15,18,24H,2-4,6-7,12-13,16H2,1H3,(H,38,41);8-10,12,14-15,18,22H,3-7,11,13,16H2,1-2H3/t;24-;22-/m.11/s1. The van der Waals surface area contributed by atoms with Crippen molar-refractivity contribution >= 4 is 92.1 Å². The van der Waals surface area contributed by atoms with E-state index in [1.54, 1.807) is 56.4 Å². The number of rotatable bonds is 24. The minimum Gasteiger partial charge on any atom is -0.379 e. The molecule has 0 spiro atoms. The first-order valence-corrected chi connectivity index (χ1v) is 47.9. The Morgan fingerprint density at radius 3 is 1.45 bits per heavy atom. The summed E-state index contributed by atoms with van der Waals surface area (Å²) in [5, 5.41) is 26.5. The zero-order valence-corrected chi connectivity index (χ0v) is 75.8. The highest BCUT2D eigenvalue weighted by Gasteiger charge is 2.50. The number of hydrogen-bond acceptors (Lipinski definition) is 18. The van der Waals surface area contributed by atoms with E-state index < -0.39 is 156 Å². The summed E-state index contributed by atoms with van der Waals surface area (Å²) in [6.45, 7) is 3.83. The molecule has 700 valence electrons. The lowest BCUT2D eigenvalue weighted by molar-refractivity contribution is -0.125. The Kier molecular flexibility index (Phi) is 29.5. The molecule has 5 aliphatic rings. The van der Waals surface area contributed by atoms with Gasteiger partial charge in [0.1, 0.15) is 24.0 Å². The van der Waals surface area contributed by atoms with E-state index in [1.807, 2.05) is 36.4 Å². The molecule has 3 N–H and O–H groups in total. The summed E-state index contributed by atoms with van der Waals surface area (Å²) in [5.41, 5.74) is 2.48. The monoisotopic (exact) mass is 1890 g/mol. The van der Waals surface area contributed by atoms with E-state index in [9.17, 15) is 94.4 Å². The fourth-order valence-electron chi connectivity index (χ4n) is 17.5. The zero-order chi connectivity index (χ0) is 95.4. The SMILES string of the molecule is CC(C)Nc1c(F)cc(S(=O)(=O)N(C)CC(=O)N(Cc2ccc(C3CCCCC3)cc2)c2ccc3c(=O)[nH]ncc3c2)cc1C#N.Cc1c(F)c(F)c(S(=O)(=O)N2CC[C@@H]2C(=O)N(Cc2ccc(C3CCCCC3)cn2)c2ccn(C)c(=O)c2)c(F)c1F.Cc1c(F)c(F)c(S(=O)(=O)N2CC[C@@H]2C(=O)N(Cc2cccc(C3CCCCC3)n2)c2ccc3c(=O)[nH]ncc3c2)c(F)c1F. The lowest BCUT2D eigenvalue weighted by atomic mass is 9.84. The second-order valence-electron chi connectivity index (χ2n) is 34.2. The van der Waals surface area contributed by atoms with Crippen molar-refractivity contribution in [2.75, 3.05) is 46.7 Å². The van der Waals surface area contributed by atoms with E-state index in [0.29, 0.717) is 64.8 Å². The van der Waals surface area contributed by atoms with Crippen molar-refractivity contribution in [2.45, 2.75) is 207 Å². The number of anilines is 4. The van der Waals surface area contributed by atoms with Crippen LogP contribution in [0, 0.1) is 77.5 Å². The Balaban J connectivity index is 0.000000160. The van der Waals surface area contributed by atoms with Crippen molar-refractivity contribution < 1.29 is 79.2 Å². The number of benzene rings is 6. The molecule has 2 aliphatic heterocycles. The van der Waals surface area contributed by atoms with E-state index in [0.717, 1.165) is 118 Å². The average molecular weight is 1900 g/mol. The maximum absolute atomic E-state index is 15.0. The Labute approximate surface area is 760 Å². The van der Waals surface area contributed by atoms with Gasteiger partial charge in [0.2, 0.25) is 47.8 Å². The van der Waals surface area contributed by atoms with E-state index in [1.165, 1.54) is 107 Å². The maximum Gasteiger partial charge on any atom is 0.272 e. The number of nitriles is 1. The fourth-order valence-corrected chi connectivity index (χ4v) is 22.1. The van der Waals surface area contributed by atoms with Crippen molar-refractivity contribution in [2.24, 2.45) is 7.05 Å². The van der Waals surface area contributed by atoms with Crippen LogP contribution in [0.5, 0.6) is 0 Å². The highest BCUT2D eigenvalue weighted by Crippen LogP contribution is 2.41. The number of aryl methyl sites for hydroxylation is 1. The number of carbonyl (C=O) groups is 3. The molecule has 11 aromatic rings. The van der Waals surface area contributed by atoms with E-state index >= 15 is 4.39 Å². The van der Waals surface area contributed by atoms with Gasteiger partial charge >= 0.3 is 0 Å². The van der Waals surface area contributed by atoms with Gasteiger partial charge in [-0.25, -0.2) is 75.0 Å². The highest BCUT2D eigenvalue weighted by atomic mass is 32.2. The topological polar surface area (TPSA) is 348 Å². The third kappa shape index (κ3) is 20.4. The quantitative estimate of drug-likeness (QED) is 0.0374. The van der Waals surface area contributed by atoms with Crippen LogP contribution in [0.3, 0.4) is 0 Å². The minimum absolute atomic E-state index is 0.0149. The van der Waals surface area contributed by atoms with Gasteiger partial charge in [-0.1, -0.05) is 94.2 Å². The molecule has 5 aromatic heterocycles. The first-order chi connectivity index (χ1) is 63.4. The van der Waals surface area contributed by atoms with Gasteiger partial charge in [0.05, 0.1) is 82.6 Å². The highest BCUT2D eigenvalue weighted by molar-refractivity contribution is 7.89. The molecular weight excluding hydrogens is 1800 g/mol. The molecule has 0 unspecified atom stereocenters. The average Bonchev–Trinajstić information content (AvgIpc) is 0.736. The van der Waals surface area contributed by atoms with Gasteiger partial charge in [-0.2, -0.15) is 28.4 Å². The Hall–Kier alpha value is -12.4. The molecule has 2 atom stereocenters. The van der Waals surface area contributed by atoms with Crippen molar-refractivity contribution in [3.05, 3.63) is 274 Å². The van der Waals surface area contributed by atoms with Crippen LogP contribution < -0.4 is 36.7 Å². The van der Waals surface area contributed by atoms with Crippen LogP contribution in [0.2, 0.25) is 0 Å². The summed E-state index contributed by atoms with van der Waals surface area (Å²) in [5.74, 6) is -17.3. The van der Waals surface area contributed by atoms with Gasteiger partial charge in [0, 0.05) is 96.6 Å². The van der Waals surface area contributed by atoms with Crippen LogP contribution in [0.4, 0.5) is 62.3 Å². The molecule has 7 heterocycles. The summed E-state index contributed by atoms with van der Waals surface area (Å²) in [7, 11) is -12.0. The molecule has 39 heteroatoms. The molecule has 16 rings (SSSR count). The van der Waals surface area contributed by atoms with E-state index in [2.05, 4.69) is 42.8 Å². The van der Waals surface area contributed by atoms with Gasteiger partial charge in [0.25, 0.3) is 16.7 Å². The second kappa shape index (κ2) is 40.6. The summed E-state index contributed by atoms with van der Waals surface area (Å²) >= 11 is 0. The summed E-state index contributed by atoms with van der Waals surface area (Å²) in [6.07, 6.45) is 23.0. The smallest absolute Gasteiger partial charge is 0.272 e. The van der Waals surface area contributed by atoms with Gasteiger partial charge in [-0.3, -0.25) is 38.7 Å². The molecule has 6 aromatic carbocycles. The van der Waals surface area contributed by atoms with E-state index in [-0.39, 0.29) is 80.0 Å². The number of nitrogens with one attached hydrogen (secondary N) is 3. The number of carbonyl (C=O) groups excluding carboxylic acids is 3. The van der Waals surface area contributed by atoms with Crippen LogP contribution in [0.1, 0.15) is 191 Å². The fraction of sp³-hybridized carbons (Fsp3) is 0.372. The molecular formula is C94H96F9N15O12S3. The number of H-pyrrole nitrogens is 2. The number of aromatic nitrogens is 7. The summed E-state index contributed by atoms with van der Waals surface area (Å²) in [4.78, 5) is 88.1. The number of sulfonamides is 3. The molecule has 5 fully saturated rings. The third-order valence-corrected chi connectivity index (χ3v) is 30.8. The predicted octanol–water partition coefficient (Wildman–Crippen LogP) is 15.6. The lowest BCUT2D eigenvalue weighted by Crippen LogP contribution is -2.59. The van der Waals surface area contributed by atoms with Crippen molar-refractivity contribution in [1.82, 2.24) is 47.8 Å². The number of likely N-dealkylation sites (N-methyl/N-ethyl adjacent to an activating group) is 1. The van der Waals surface area contributed by atoms with Crippen LogP contribution in [-0.4, -0.2) is 136 Å². The molecule has 0 bridgehead atoms. The number of pyridine rings is 3. The zero-order valence-electron chi connectivity index (χ0n) is 73.4. The van der Waals surface area contributed by atoms with Gasteiger partial charge in [0.15, 0.2) is 56.3 Å². The molecule has 2 saturated heterocycles. The van der Waals surface area contributed by atoms with Crippen LogP contribution in [0.15, 0.2) is 169 Å². The number of fused-ring (bicyclic) bond motifs is 2. The van der Waals surface area contributed by atoms with Gasteiger partial charge in [-0.15, -0.1) is 0 Å². The number of aromatic amines is 2. The predicted molar refractivity (Wildman–Crippen MR) is 479 cm³/mol. The largest absolute Gasteiger partial charge is 0.379 e. The molecule has 27 nitrogen and oxygen atoms in total. The molecule has 0 radical (unpaired) electrons. The number of halogens is 9. The Bertz CT molecular complexity index is 6860. The Morgan fingerprint density at radius 2 is 0.992 bits per heavy atom. The van der Waals surface area contributed by atoms with Gasteiger partial charge in [-0.05, 0) is 180 Å².